The highest BCUT2D eigenvalue weighted by Crippen LogP contribution is 2.25. The average Bonchev–Trinajstić information content (AvgIpc) is 2.39. The summed E-state index contributed by atoms with van der Waals surface area (Å²) < 4.78 is 0. The molecule has 0 bridgehead atoms. The topological polar surface area (TPSA) is 58.7 Å². The Balaban J connectivity index is 2.20. The van der Waals surface area contributed by atoms with Gasteiger partial charge in [0.05, 0.1) is 5.92 Å². The van der Waals surface area contributed by atoms with Gasteiger partial charge >= 0.3 is 0 Å². The Labute approximate surface area is 83.5 Å². The van der Waals surface area contributed by atoms with Gasteiger partial charge in [-0.15, -0.1) is 0 Å². The number of carbonyl (C=O) groups is 1. The van der Waals surface area contributed by atoms with Crippen molar-refractivity contribution >= 4 is 12.1 Å². The van der Waals surface area contributed by atoms with Gasteiger partial charge in [0, 0.05) is 19.0 Å². The molecule has 0 aromatic rings. The number of amides is 1. The fourth-order valence-corrected chi connectivity index (χ4v) is 2.10. The molecule has 1 fully saturated rings. The second-order valence-corrected chi connectivity index (χ2v) is 3.80. The third kappa shape index (κ3) is 1.64. The van der Waals surface area contributed by atoms with Crippen molar-refractivity contribution in [3.8, 4) is 0 Å². The largest absolute Gasteiger partial charge is 0.369 e. The van der Waals surface area contributed by atoms with E-state index in [1.54, 1.807) is 6.21 Å². The summed E-state index contributed by atoms with van der Waals surface area (Å²) in [4.78, 5) is 17.7. The Kier molecular flexibility index (Phi) is 2.52. The molecule has 0 saturated carbocycles. The van der Waals surface area contributed by atoms with Crippen molar-refractivity contribution in [1.29, 1.82) is 0 Å². The highest BCUT2D eigenvalue weighted by Gasteiger charge is 2.31. The van der Waals surface area contributed by atoms with E-state index in [-0.39, 0.29) is 18.0 Å². The Morgan fingerprint density at radius 3 is 3.14 bits per heavy atom. The maximum Gasteiger partial charge on any atom is 0.224 e. The van der Waals surface area contributed by atoms with Gasteiger partial charge in [-0.1, -0.05) is 6.42 Å². The SMILES string of the molecule is NC(=O)C1CCCCN2C=CC=NC12. The maximum absolute atomic E-state index is 11.3. The van der Waals surface area contributed by atoms with E-state index in [4.69, 9.17) is 5.73 Å². The van der Waals surface area contributed by atoms with Crippen molar-refractivity contribution < 1.29 is 4.79 Å². The van der Waals surface area contributed by atoms with Crippen LogP contribution in [0.1, 0.15) is 19.3 Å². The van der Waals surface area contributed by atoms with E-state index in [2.05, 4.69) is 9.89 Å². The molecule has 2 atom stereocenters. The van der Waals surface area contributed by atoms with Gasteiger partial charge in [0.15, 0.2) is 0 Å². The fourth-order valence-electron chi connectivity index (χ4n) is 2.10. The monoisotopic (exact) mass is 193 g/mol. The smallest absolute Gasteiger partial charge is 0.224 e. The number of fused-ring (bicyclic) bond motifs is 1. The molecule has 4 heteroatoms. The van der Waals surface area contributed by atoms with Crippen LogP contribution in [0.4, 0.5) is 0 Å². The summed E-state index contributed by atoms with van der Waals surface area (Å²) in [5, 5.41) is 0. The summed E-state index contributed by atoms with van der Waals surface area (Å²) in [5.41, 5.74) is 5.38. The number of rotatable bonds is 1. The Morgan fingerprint density at radius 2 is 2.36 bits per heavy atom. The lowest BCUT2D eigenvalue weighted by atomic mass is 9.99. The zero-order valence-corrected chi connectivity index (χ0v) is 8.10. The molecule has 2 aliphatic heterocycles. The molecule has 0 aliphatic carbocycles. The first-order valence-corrected chi connectivity index (χ1v) is 5.04. The van der Waals surface area contributed by atoms with Crippen molar-refractivity contribution in [1.82, 2.24) is 4.90 Å². The molecule has 2 unspecified atom stereocenters. The molecule has 2 N–H and O–H groups in total. The third-order valence-corrected chi connectivity index (χ3v) is 2.85. The molecular formula is C10H15N3O. The average molecular weight is 193 g/mol. The van der Waals surface area contributed by atoms with Crippen LogP contribution >= 0.6 is 0 Å². The van der Waals surface area contributed by atoms with Gasteiger partial charge in [-0.05, 0) is 18.9 Å². The zero-order chi connectivity index (χ0) is 9.97. The van der Waals surface area contributed by atoms with Crippen molar-refractivity contribution in [2.75, 3.05) is 6.54 Å². The number of carbonyl (C=O) groups excluding carboxylic acids is 1. The molecule has 14 heavy (non-hydrogen) atoms. The highest BCUT2D eigenvalue weighted by molar-refractivity contribution is 5.79. The summed E-state index contributed by atoms with van der Waals surface area (Å²) >= 11 is 0. The summed E-state index contributed by atoms with van der Waals surface area (Å²) in [6, 6.07) is 0. The minimum atomic E-state index is -0.227. The van der Waals surface area contributed by atoms with Gasteiger partial charge in [0.25, 0.3) is 0 Å². The fraction of sp³-hybridized carbons (Fsp3) is 0.600. The Hall–Kier alpha value is -1.32. The Bertz CT molecular complexity index is 285. The van der Waals surface area contributed by atoms with Crippen molar-refractivity contribution in [3.63, 3.8) is 0 Å². The van der Waals surface area contributed by atoms with Gasteiger partial charge in [-0.25, -0.2) is 0 Å². The maximum atomic E-state index is 11.3. The van der Waals surface area contributed by atoms with E-state index in [0.717, 1.165) is 25.8 Å². The minimum absolute atomic E-state index is 0.0556. The number of aliphatic imine (C=N–C) groups is 1. The van der Waals surface area contributed by atoms with Crippen LogP contribution in [0, 0.1) is 5.92 Å². The predicted molar refractivity (Wildman–Crippen MR) is 54.7 cm³/mol. The number of primary amides is 1. The molecule has 1 amide bonds. The molecule has 2 rings (SSSR count). The second-order valence-electron chi connectivity index (χ2n) is 3.80. The molecule has 4 nitrogen and oxygen atoms in total. The predicted octanol–water partition coefficient (Wildman–Crippen LogP) is 0.498. The van der Waals surface area contributed by atoms with Crippen LogP contribution in [0.15, 0.2) is 17.3 Å². The Morgan fingerprint density at radius 1 is 1.50 bits per heavy atom. The molecular weight excluding hydrogens is 178 g/mol. The summed E-state index contributed by atoms with van der Waals surface area (Å²) in [6.07, 6.45) is 8.63. The first kappa shape index (κ1) is 9.24. The second kappa shape index (κ2) is 3.82. The lowest BCUT2D eigenvalue weighted by Gasteiger charge is -2.31. The molecule has 0 radical (unpaired) electrons. The zero-order valence-electron chi connectivity index (χ0n) is 8.10. The normalized spacial score (nSPS) is 31.0. The molecule has 0 aromatic carbocycles. The molecule has 0 aromatic heterocycles. The van der Waals surface area contributed by atoms with E-state index in [1.807, 2.05) is 12.3 Å². The molecule has 2 aliphatic rings. The van der Waals surface area contributed by atoms with Gasteiger partial charge < -0.3 is 10.6 Å². The minimum Gasteiger partial charge on any atom is -0.369 e. The number of nitrogens with two attached hydrogens (primary N) is 1. The lowest BCUT2D eigenvalue weighted by Crippen LogP contribution is -2.42. The first-order valence-electron chi connectivity index (χ1n) is 5.04. The van der Waals surface area contributed by atoms with E-state index in [1.165, 1.54) is 0 Å². The van der Waals surface area contributed by atoms with Crippen LogP contribution in [0.5, 0.6) is 0 Å². The molecule has 0 spiro atoms. The highest BCUT2D eigenvalue weighted by atomic mass is 16.1. The van der Waals surface area contributed by atoms with Gasteiger partial charge in [-0.2, -0.15) is 0 Å². The molecule has 2 heterocycles. The van der Waals surface area contributed by atoms with Crippen molar-refractivity contribution in [2.24, 2.45) is 16.6 Å². The van der Waals surface area contributed by atoms with Crippen LogP contribution < -0.4 is 5.73 Å². The lowest BCUT2D eigenvalue weighted by molar-refractivity contribution is -0.123. The van der Waals surface area contributed by atoms with Crippen LogP contribution in [-0.4, -0.2) is 29.7 Å². The van der Waals surface area contributed by atoms with Gasteiger partial charge in [0.1, 0.15) is 6.17 Å². The van der Waals surface area contributed by atoms with Gasteiger partial charge in [-0.3, -0.25) is 9.79 Å². The van der Waals surface area contributed by atoms with E-state index in [0.29, 0.717) is 0 Å². The van der Waals surface area contributed by atoms with E-state index in [9.17, 15) is 4.79 Å². The summed E-state index contributed by atoms with van der Waals surface area (Å²) in [7, 11) is 0. The van der Waals surface area contributed by atoms with Crippen LogP contribution in [0.3, 0.4) is 0 Å². The van der Waals surface area contributed by atoms with Crippen LogP contribution in [0.2, 0.25) is 0 Å². The quantitative estimate of drug-likeness (QED) is 0.659. The van der Waals surface area contributed by atoms with E-state index < -0.39 is 0 Å². The number of hydrogen-bond acceptors (Lipinski definition) is 3. The summed E-state index contributed by atoms with van der Waals surface area (Å²) in [6.45, 7) is 0.974. The first-order chi connectivity index (χ1) is 6.79. The standard InChI is InChI=1S/C10H15N3O/c11-9(14)8-4-1-2-6-13-7-3-5-12-10(8)13/h3,5,7-8,10H,1-2,4,6H2,(H2,11,14). The third-order valence-electron chi connectivity index (χ3n) is 2.85. The number of allylic oxidation sites excluding steroid dienone is 1. The van der Waals surface area contributed by atoms with Crippen LogP contribution in [0.25, 0.3) is 0 Å². The van der Waals surface area contributed by atoms with Crippen LogP contribution in [-0.2, 0) is 4.79 Å². The van der Waals surface area contributed by atoms with Crippen molar-refractivity contribution in [2.45, 2.75) is 25.4 Å². The molecule has 76 valence electrons. The van der Waals surface area contributed by atoms with Crippen molar-refractivity contribution in [3.05, 3.63) is 12.3 Å². The number of nitrogens with zero attached hydrogens (tertiary/aromatic N) is 2. The molecule has 1 saturated heterocycles. The summed E-state index contributed by atoms with van der Waals surface area (Å²) in [5.74, 6) is -0.354. The number of hydrogen-bond donors (Lipinski definition) is 1. The van der Waals surface area contributed by atoms with Gasteiger partial charge in [0.2, 0.25) is 5.91 Å². The van der Waals surface area contributed by atoms with E-state index >= 15 is 0 Å².